The van der Waals surface area contributed by atoms with E-state index in [1.54, 1.807) is 18.3 Å². The SMILES string of the molecule is CCNC(=NCCCn1cccn1)NCCc1cccc(O)c1. The standard InChI is InChI=1S/C17H25N5O/c1-2-18-17(19-9-4-12-22-13-5-10-21-22)20-11-8-15-6-3-7-16(23)14-15/h3,5-7,10,13-14,23H,2,4,8-9,11-12H2,1H3,(H2,18,19,20). The van der Waals surface area contributed by atoms with Crippen LogP contribution in [0.25, 0.3) is 0 Å². The predicted molar refractivity (Wildman–Crippen MR) is 92.6 cm³/mol. The molecule has 0 saturated heterocycles. The zero-order valence-corrected chi connectivity index (χ0v) is 13.6. The second-order valence-corrected chi connectivity index (χ2v) is 5.23. The highest BCUT2D eigenvalue weighted by atomic mass is 16.3. The molecular formula is C17H25N5O. The van der Waals surface area contributed by atoms with Crippen LogP contribution < -0.4 is 10.6 Å². The number of nitrogens with one attached hydrogen (secondary N) is 2. The maximum absolute atomic E-state index is 9.46. The Morgan fingerprint density at radius 1 is 1.30 bits per heavy atom. The van der Waals surface area contributed by atoms with E-state index in [1.807, 2.05) is 29.1 Å². The normalized spacial score (nSPS) is 11.4. The third-order valence-electron chi connectivity index (χ3n) is 3.34. The molecule has 2 rings (SSSR count). The number of aromatic nitrogens is 2. The van der Waals surface area contributed by atoms with E-state index in [1.165, 1.54) is 0 Å². The van der Waals surface area contributed by atoms with Crippen molar-refractivity contribution in [1.29, 1.82) is 0 Å². The summed E-state index contributed by atoms with van der Waals surface area (Å²) in [6, 6.07) is 9.27. The van der Waals surface area contributed by atoms with E-state index in [0.29, 0.717) is 5.75 Å². The van der Waals surface area contributed by atoms with Crippen LogP contribution in [0.3, 0.4) is 0 Å². The Hall–Kier alpha value is -2.50. The van der Waals surface area contributed by atoms with Gasteiger partial charge in [0.25, 0.3) is 0 Å². The van der Waals surface area contributed by atoms with Crippen molar-refractivity contribution in [3.05, 3.63) is 48.3 Å². The zero-order valence-electron chi connectivity index (χ0n) is 13.6. The lowest BCUT2D eigenvalue weighted by Gasteiger charge is -2.11. The molecule has 1 aromatic heterocycles. The van der Waals surface area contributed by atoms with Crippen molar-refractivity contribution in [2.75, 3.05) is 19.6 Å². The Balaban J connectivity index is 1.72. The molecule has 0 unspecified atom stereocenters. The number of phenolic OH excluding ortho intramolecular Hbond substituents is 1. The number of hydrogen-bond acceptors (Lipinski definition) is 3. The monoisotopic (exact) mass is 315 g/mol. The summed E-state index contributed by atoms with van der Waals surface area (Å²) in [5.74, 6) is 1.13. The first-order valence-electron chi connectivity index (χ1n) is 8.05. The first-order valence-corrected chi connectivity index (χ1v) is 8.05. The van der Waals surface area contributed by atoms with E-state index in [0.717, 1.165) is 50.5 Å². The molecule has 0 amide bonds. The topological polar surface area (TPSA) is 74.5 Å². The van der Waals surface area contributed by atoms with Crippen LogP contribution >= 0.6 is 0 Å². The van der Waals surface area contributed by atoms with Crippen LogP contribution in [0.5, 0.6) is 5.75 Å². The third kappa shape index (κ3) is 6.42. The Morgan fingerprint density at radius 2 is 2.22 bits per heavy atom. The van der Waals surface area contributed by atoms with Gasteiger partial charge in [-0.15, -0.1) is 0 Å². The van der Waals surface area contributed by atoms with Crippen LogP contribution in [-0.4, -0.2) is 40.5 Å². The molecule has 124 valence electrons. The predicted octanol–water partition coefficient (Wildman–Crippen LogP) is 1.78. The van der Waals surface area contributed by atoms with Crippen molar-refractivity contribution >= 4 is 5.96 Å². The van der Waals surface area contributed by atoms with E-state index >= 15 is 0 Å². The Morgan fingerprint density at radius 3 is 2.96 bits per heavy atom. The van der Waals surface area contributed by atoms with Gasteiger partial charge in [-0.3, -0.25) is 9.67 Å². The number of aromatic hydroxyl groups is 1. The Labute approximate surface area is 137 Å². The van der Waals surface area contributed by atoms with Gasteiger partial charge in [-0.1, -0.05) is 12.1 Å². The molecule has 23 heavy (non-hydrogen) atoms. The highest BCUT2D eigenvalue weighted by Crippen LogP contribution is 2.10. The average Bonchev–Trinajstić information content (AvgIpc) is 3.05. The molecule has 0 bridgehead atoms. The second-order valence-electron chi connectivity index (χ2n) is 5.23. The summed E-state index contributed by atoms with van der Waals surface area (Å²) in [7, 11) is 0. The molecule has 2 aromatic rings. The average molecular weight is 315 g/mol. The largest absolute Gasteiger partial charge is 0.508 e. The lowest BCUT2D eigenvalue weighted by molar-refractivity contribution is 0.474. The molecule has 6 nitrogen and oxygen atoms in total. The lowest BCUT2D eigenvalue weighted by Crippen LogP contribution is -2.38. The van der Waals surface area contributed by atoms with Crippen LogP contribution in [0.15, 0.2) is 47.7 Å². The first kappa shape index (κ1) is 16.9. The van der Waals surface area contributed by atoms with Gasteiger partial charge in [0, 0.05) is 38.6 Å². The van der Waals surface area contributed by atoms with Gasteiger partial charge in [0.2, 0.25) is 0 Å². The fourth-order valence-electron chi connectivity index (χ4n) is 2.24. The number of guanidine groups is 1. The fraction of sp³-hybridized carbons (Fsp3) is 0.412. The van der Waals surface area contributed by atoms with Crippen molar-refractivity contribution in [1.82, 2.24) is 20.4 Å². The number of aryl methyl sites for hydroxylation is 1. The Kier molecular flexibility index (Phi) is 6.97. The van der Waals surface area contributed by atoms with Crippen molar-refractivity contribution in [3.8, 4) is 5.75 Å². The molecule has 1 heterocycles. The maximum Gasteiger partial charge on any atom is 0.191 e. The smallest absolute Gasteiger partial charge is 0.191 e. The van der Waals surface area contributed by atoms with Crippen LogP contribution in [0.2, 0.25) is 0 Å². The molecule has 0 aliphatic heterocycles. The van der Waals surface area contributed by atoms with Gasteiger partial charge < -0.3 is 15.7 Å². The molecule has 1 aromatic carbocycles. The minimum atomic E-state index is 0.307. The summed E-state index contributed by atoms with van der Waals surface area (Å²) >= 11 is 0. The summed E-state index contributed by atoms with van der Waals surface area (Å²) < 4.78 is 1.91. The molecule has 6 heteroatoms. The Bertz CT molecular complexity index is 595. The van der Waals surface area contributed by atoms with Gasteiger partial charge in [0.15, 0.2) is 5.96 Å². The molecule has 0 aliphatic rings. The summed E-state index contributed by atoms with van der Waals surface area (Å²) in [5.41, 5.74) is 1.10. The van der Waals surface area contributed by atoms with Crippen LogP contribution in [0, 0.1) is 0 Å². The minimum Gasteiger partial charge on any atom is -0.508 e. The van der Waals surface area contributed by atoms with Crippen LogP contribution in [0.1, 0.15) is 18.9 Å². The van der Waals surface area contributed by atoms with Crippen LogP contribution in [0.4, 0.5) is 0 Å². The number of phenols is 1. The minimum absolute atomic E-state index is 0.307. The van der Waals surface area contributed by atoms with Gasteiger partial charge >= 0.3 is 0 Å². The van der Waals surface area contributed by atoms with Gasteiger partial charge in [0.05, 0.1) is 0 Å². The van der Waals surface area contributed by atoms with Crippen molar-refractivity contribution in [3.63, 3.8) is 0 Å². The second kappa shape index (κ2) is 9.50. The molecule has 0 radical (unpaired) electrons. The van der Waals surface area contributed by atoms with Gasteiger partial charge in [-0.25, -0.2) is 0 Å². The highest BCUT2D eigenvalue weighted by molar-refractivity contribution is 5.79. The first-order chi connectivity index (χ1) is 11.3. The molecule has 3 N–H and O–H groups in total. The quantitative estimate of drug-likeness (QED) is 0.394. The molecule has 0 spiro atoms. The number of benzene rings is 1. The van der Waals surface area contributed by atoms with E-state index < -0.39 is 0 Å². The maximum atomic E-state index is 9.46. The summed E-state index contributed by atoms with van der Waals surface area (Å²) in [6.45, 7) is 5.28. The lowest BCUT2D eigenvalue weighted by atomic mass is 10.1. The van der Waals surface area contributed by atoms with Gasteiger partial charge in [-0.2, -0.15) is 5.10 Å². The molecule has 0 atom stereocenters. The molecule has 0 aliphatic carbocycles. The van der Waals surface area contributed by atoms with Crippen LogP contribution in [-0.2, 0) is 13.0 Å². The van der Waals surface area contributed by atoms with E-state index in [-0.39, 0.29) is 0 Å². The summed E-state index contributed by atoms with van der Waals surface area (Å²) in [5, 5.41) is 20.2. The van der Waals surface area contributed by atoms with Crippen molar-refractivity contribution < 1.29 is 5.11 Å². The molecular weight excluding hydrogens is 290 g/mol. The highest BCUT2D eigenvalue weighted by Gasteiger charge is 1.99. The molecule has 0 saturated carbocycles. The van der Waals surface area contributed by atoms with Crippen molar-refractivity contribution in [2.45, 2.75) is 26.3 Å². The number of aliphatic imine (C=N–C) groups is 1. The van der Waals surface area contributed by atoms with E-state index in [4.69, 9.17) is 0 Å². The van der Waals surface area contributed by atoms with Gasteiger partial charge in [0.1, 0.15) is 5.75 Å². The van der Waals surface area contributed by atoms with Crippen molar-refractivity contribution in [2.24, 2.45) is 4.99 Å². The zero-order chi connectivity index (χ0) is 16.3. The van der Waals surface area contributed by atoms with E-state index in [2.05, 4.69) is 27.6 Å². The third-order valence-corrected chi connectivity index (χ3v) is 3.34. The van der Waals surface area contributed by atoms with Gasteiger partial charge in [-0.05, 0) is 43.5 Å². The fourth-order valence-corrected chi connectivity index (χ4v) is 2.24. The number of hydrogen-bond donors (Lipinski definition) is 3. The number of rotatable bonds is 8. The number of nitrogens with zero attached hydrogens (tertiary/aromatic N) is 3. The molecule has 0 fully saturated rings. The summed E-state index contributed by atoms with van der Waals surface area (Å²) in [6.07, 6.45) is 5.54. The summed E-state index contributed by atoms with van der Waals surface area (Å²) in [4.78, 5) is 4.57. The van der Waals surface area contributed by atoms with E-state index in [9.17, 15) is 5.11 Å².